The van der Waals surface area contributed by atoms with Crippen molar-refractivity contribution in [2.24, 2.45) is 9.63 Å². The third-order valence-corrected chi connectivity index (χ3v) is 2.81. The van der Waals surface area contributed by atoms with Crippen LogP contribution in [0, 0.1) is 0 Å². The Bertz CT molecular complexity index is 376. The summed E-state index contributed by atoms with van der Waals surface area (Å²) in [5.74, 6) is -0.635. The summed E-state index contributed by atoms with van der Waals surface area (Å²) in [4.78, 5) is 11.0. The van der Waals surface area contributed by atoms with Crippen LogP contribution in [-0.4, -0.2) is 6.54 Å². The fourth-order valence-electron chi connectivity index (χ4n) is 1.33. The van der Waals surface area contributed by atoms with Gasteiger partial charge in [-0.2, -0.15) is 14.9 Å². The van der Waals surface area contributed by atoms with Gasteiger partial charge in [-0.1, -0.05) is 18.2 Å². The zero-order valence-electron chi connectivity index (χ0n) is 6.64. The van der Waals surface area contributed by atoms with Crippen molar-refractivity contribution in [1.29, 1.82) is 0 Å². The largest absolute Gasteiger partial charge is 0.281 e. The summed E-state index contributed by atoms with van der Waals surface area (Å²) in [5, 5.41) is 3.94. The molecule has 13 heavy (non-hydrogen) atoms. The highest BCUT2D eigenvalue weighted by molar-refractivity contribution is 7.98. The van der Waals surface area contributed by atoms with Gasteiger partial charge in [-0.25, -0.2) is 0 Å². The third-order valence-electron chi connectivity index (χ3n) is 2.06. The lowest BCUT2D eigenvalue weighted by molar-refractivity contribution is 0.0850. The van der Waals surface area contributed by atoms with Crippen molar-refractivity contribution in [3.63, 3.8) is 0 Å². The van der Waals surface area contributed by atoms with E-state index < -0.39 is 5.79 Å². The van der Waals surface area contributed by atoms with E-state index in [1.165, 1.54) is 11.9 Å². The van der Waals surface area contributed by atoms with E-state index in [4.69, 9.17) is 9.78 Å². The van der Waals surface area contributed by atoms with Crippen LogP contribution in [-0.2, 0) is 15.6 Å². The van der Waals surface area contributed by atoms with Gasteiger partial charge in [0.2, 0.25) is 0 Å². The van der Waals surface area contributed by atoms with E-state index in [9.17, 15) is 0 Å². The molecule has 1 fully saturated rings. The minimum absolute atomic E-state index is 0.441. The van der Waals surface area contributed by atoms with Gasteiger partial charge in [0.1, 0.15) is 6.54 Å². The molecule has 0 aromatic heterocycles. The van der Waals surface area contributed by atoms with Crippen LogP contribution < -0.4 is 0 Å². The molecule has 2 aliphatic heterocycles. The van der Waals surface area contributed by atoms with Gasteiger partial charge in [0.05, 0.1) is 0 Å². The standard InChI is InChI=1S/C8H6N2O2S/c1-2-4-7-6(3-1)8(11-12-8)5-9-10-13-7/h1-4H,5H2. The van der Waals surface area contributed by atoms with Crippen molar-refractivity contribution >= 4 is 11.9 Å². The first-order chi connectivity index (χ1) is 6.41. The Balaban J connectivity index is 2.16. The molecule has 0 saturated carbocycles. The van der Waals surface area contributed by atoms with Crippen LogP contribution in [0.2, 0.25) is 0 Å². The van der Waals surface area contributed by atoms with Gasteiger partial charge in [0.25, 0.3) is 5.79 Å². The molecular formula is C8H6N2O2S. The highest BCUT2D eigenvalue weighted by Gasteiger charge is 2.53. The Labute approximate surface area is 79.0 Å². The molecule has 0 atom stereocenters. The Morgan fingerprint density at radius 3 is 3.00 bits per heavy atom. The van der Waals surface area contributed by atoms with Gasteiger partial charge < -0.3 is 0 Å². The molecule has 3 rings (SSSR count). The average Bonchev–Trinajstić information content (AvgIpc) is 2.96. The minimum atomic E-state index is -0.635. The first kappa shape index (κ1) is 7.49. The maximum atomic E-state index is 4.98. The summed E-state index contributed by atoms with van der Waals surface area (Å²) in [5.41, 5.74) is 1.02. The normalized spacial score (nSPS) is 22.5. The molecule has 1 aromatic carbocycles. The molecule has 66 valence electrons. The van der Waals surface area contributed by atoms with Crippen LogP contribution in [0.25, 0.3) is 0 Å². The first-order valence-corrected chi connectivity index (χ1v) is 4.68. The fourth-order valence-corrected chi connectivity index (χ4v) is 2.00. The molecular weight excluding hydrogens is 188 g/mol. The van der Waals surface area contributed by atoms with Crippen molar-refractivity contribution in [3.05, 3.63) is 29.8 Å². The topological polar surface area (TPSA) is 49.8 Å². The van der Waals surface area contributed by atoms with Crippen molar-refractivity contribution in [2.45, 2.75) is 10.7 Å². The highest BCUT2D eigenvalue weighted by atomic mass is 32.2. The summed E-state index contributed by atoms with van der Waals surface area (Å²) in [7, 11) is 0. The van der Waals surface area contributed by atoms with Crippen molar-refractivity contribution < 1.29 is 9.78 Å². The zero-order chi connectivity index (χ0) is 8.73. The Hall–Kier alpha value is -0.910. The van der Waals surface area contributed by atoms with Gasteiger partial charge in [0, 0.05) is 22.4 Å². The minimum Gasteiger partial charge on any atom is -0.187 e. The van der Waals surface area contributed by atoms with Crippen molar-refractivity contribution in [3.8, 4) is 0 Å². The van der Waals surface area contributed by atoms with Gasteiger partial charge >= 0.3 is 0 Å². The van der Waals surface area contributed by atoms with Crippen LogP contribution in [0.3, 0.4) is 0 Å². The van der Waals surface area contributed by atoms with E-state index in [0.717, 1.165) is 10.5 Å². The maximum Gasteiger partial charge on any atom is 0.281 e. The Kier molecular flexibility index (Phi) is 1.46. The molecule has 0 unspecified atom stereocenters. The molecule has 1 saturated heterocycles. The van der Waals surface area contributed by atoms with E-state index >= 15 is 0 Å². The predicted octanol–water partition coefficient (Wildman–Crippen LogP) is 2.27. The highest BCUT2D eigenvalue weighted by Crippen LogP contribution is 2.47. The monoisotopic (exact) mass is 194 g/mol. The quantitative estimate of drug-likeness (QED) is 0.361. The Morgan fingerprint density at radius 2 is 2.15 bits per heavy atom. The molecule has 1 aromatic rings. The molecule has 0 amide bonds. The van der Waals surface area contributed by atoms with E-state index in [1.807, 2.05) is 24.3 Å². The molecule has 5 heteroatoms. The van der Waals surface area contributed by atoms with Crippen LogP contribution in [0.4, 0.5) is 0 Å². The number of fused-ring (bicyclic) bond motifs is 2. The Morgan fingerprint density at radius 1 is 1.31 bits per heavy atom. The second-order valence-electron chi connectivity index (χ2n) is 2.89. The number of rotatable bonds is 0. The van der Waals surface area contributed by atoms with Gasteiger partial charge in [-0.05, 0) is 6.07 Å². The third kappa shape index (κ3) is 1.08. The molecule has 0 N–H and O–H groups in total. The summed E-state index contributed by atoms with van der Waals surface area (Å²) in [6.45, 7) is 0.441. The van der Waals surface area contributed by atoms with Gasteiger partial charge in [0.15, 0.2) is 0 Å². The number of hydrogen-bond donors (Lipinski definition) is 0. The SMILES string of the molecule is c1ccc2c(c1)SN=NCC21OO1. The summed E-state index contributed by atoms with van der Waals surface area (Å²) in [6, 6.07) is 7.88. The maximum absolute atomic E-state index is 4.98. The lowest BCUT2D eigenvalue weighted by Gasteiger charge is -2.04. The van der Waals surface area contributed by atoms with Gasteiger partial charge in [-0.15, -0.1) is 4.52 Å². The smallest absolute Gasteiger partial charge is 0.187 e. The summed E-state index contributed by atoms with van der Waals surface area (Å²) < 4.78 is 3.93. The molecule has 0 bridgehead atoms. The molecule has 4 nitrogen and oxygen atoms in total. The molecule has 1 spiro atoms. The average molecular weight is 194 g/mol. The van der Waals surface area contributed by atoms with E-state index in [0.29, 0.717) is 6.54 Å². The molecule has 2 aliphatic rings. The van der Waals surface area contributed by atoms with E-state index in [2.05, 4.69) is 9.63 Å². The predicted molar refractivity (Wildman–Crippen MR) is 45.9 cm³/mol. The molecule has 0 aliphatic carbocycles. The summed E-state index contributed by atoms with van der Waals surface area (Å²) in [6.07, 6.45) is 0. The van der Waals surface area contributed by atoms with Gasteiger partial charge in [-0.3, -0.25) is 0 Å². The van der Waals surface area contributed by atoms with Crippen LogP contribution in [0.1, 0.15) is 5.56 Å². The molecule has 2 heterocycles. The van der Waals surface area contributed by atoms with E-state index in [1.54, 1.807) is 0 Å². The lowest BCUT2D eigenvalue weighted by Crippen LogP contribution is -2.11. The van der Waals surface area contributed by atoms with Crippen molar-refractivity contribution in [1.82, 2.24) is 0 Å². The second-order valence-corrected chi connectivity index (χ2v) is 3.67. The first-order valence-electron chi connectivity index (χ1n) is 3.91. The summed E-state index contributed by atoms with van der Waals surface area (Å²) >= 11 is 1.35. The lowest BCUT2D eigenvalue weighted by atomic mass is 10.1. The number of hydrogen-bond acceptors (Lipinski definition) is 5. The number of benzene rings is 1. The van der Waals surface area contributed by atoms with Crippen molar-refractivity contribution in [2.75, 3.05) is 6.54 Å². The van der Waals surface area contributed by atoms with Crippen LogP contribution in [0.15, 0.2) is 38.8 Å². The zero-order valence-corrected chi connectivity index (χ0v) is 7.45. The fraction of sp³-hybridized carbons (Fsp3) is 0.250. The number of nitrogens with zero attached hydrogens (tertiary/aromatic N) is 2. The second kappa shape index (κ2) is 2.54. The molecule has 0 radical (unpaired) electrons. The van der Waals surface area contributed by atoms with Crippen LogP contribution in [0.5, 0.6) is 0 Å². The van der Waals surface area contributed by atoms with E-state index in [-0.39, 0.29) is 0 Å². The van der Waals surface area contributed by atoms with Crippen LogP contribution >= 0.6 is 11.9 Å².